The molecule has 0 saturated carbocycles. The molecule has 2 rings (SSSR count). The maximum absolute atomic E-state index is 10.8. The van der Waals surface area contributed by atoms with E-state index >= 15 is 0 Å². The second-order valence-corrected chi connectivity index (χ2v) is 4.84. The molecule has 0 aliphatic carbocycles. The SMILES string of the molecule is O=C(O)c1ccc([C@@H]2N[C@@H](C(=O)O)CS2)cc1. The van der Waals surface area contributed by atoms with Crippen LogP contribution in [-0.2, 0) is 4.79 Å². The van der Waals surface area contributed by atoms with E-state index in [0.717, 1.165) is 5.56 Å². The number of hydrogen-bond acceptors (Lipinski definition) is 4. The Morgan fingerprint density at radius 3 is 2.35 bits per heavy atom. The van der Waals surface area contributed by atoms with Crippen LogP contribution in [0.5, 0.6) is 0 Å². The zero-order chi connectivity index (χ0) is 12.4. The minimum Gasteiger partial charge on any atom is -0.480 e. The summed E-state index contributed by atoms with van der Waals surface area (Å²) in [7, 11) is 0. The highest BCUT2D eigenvalue weighted by Gasteiger charge is 2.30. The van der Waals surface area contributed by atoms with E-state index in [1.807, 2.05) is 0 Å². The number of carboxylic acids is 2. The third kappa shape index (κ3) is 2.59. The van der Waals surface area contributed by atoms with Gasteiger partial charge in [0.05, 0.1) is 10.9 Å². The third-order valence-corrected chi connectivity index (χ3v) is 3.81. The molecule has 0 unspecified atom stereocenters. The van der Waals surface area contributed by atoms with Crippen molar-refractivity contribution in [2.75, 3.05) is 5.75 Å². The van der Waals surface area contributed by atoms with E-state index in [1.165, 1.54) is 23.9 Å². The Balaban J connectivity index is 2.09. The van der Waals surface area contributed by atoms with E-state index in [9.17, 15) is 9.59 Å². The Kier molecular flexibility index (Phi) is 3.35. The molecule has 3 N–H and O–H groups in total. The van der Waals surface area contributed by atoms with Crippen molar-refractivity contribution >= 4 is 23.7 Å². The molecule has 5 nitrogen and oxygen atoms in total. The topological polar surface area (TPSA) is 86.6 Å². The van der Waals surface area contributed by atoms with Crippen molar-refractivity contribution in [2.45, 2.75) is 11.4 Å². The molecule has 0 amide bonds. The minimum absolute atomic E-state index is 0.0843. The van der Waals surface area contributed by atoms with Crippen molar-refractivity contribution in [1.82, 2.24) is 5.32 Å². The summed E-state index contributed by atoms with van der Waals surface area (Å²) in [6.45, 7) is 0. The Morgan fingerprint density at radius 1 is 1.24 bits per heavy atom. The normalized spacial score (nSPS) is 23.5. The van der Waals surface area contributed by atoms with Crippen molar-refractivity contribution in [1.29, 1.82) is 0 Å². The second-order valence-electron chi connectivity index (χ2n) is 3.70. The first kappa shape index (κ1) is 11.9. The molecule has 17 heavy (non-hydrogen) atoms. The van der Waals surface area contributed by atoms with Crippen LogP contribution < -0.4 is 5.32 Å². The summed E-state index contributed by atoms with van der Waals surface area (Å²) in [4.78, 5) is 21.4. The fourth-order valence-corrected chi connectivity index (χ4v) is 2.84. The molecular weight excluding hydrogens is 242 g/mol. The van der Waals surface area contributed by atoms with Gasteiger partial charge in [0.2, 0.25) is 0 Å². The highest BCUT2D eigenvalue weighted by atomic mass is 32.2. The zero-order valence-electron chi connectivity index (χ0n) is 8.79. The summed E-state index contributed by atoms with van der Waals surface area (Å²) in [5.41, 5.74) is 1.12. The van der Waals surface area contributed by atoms with Crippen LogP contribution in [0.2, 0.25) is 0 Å². The quantitative estimate of drug-likeness (QED) is 0.749. The van der Waals surface area contributed by atoms with E-state index < -0.39 is 18.0 Å². The van der Waals surface area contributed by atoms with Gasteiger partial charge in [-0.05, 0) is 17.7 Å². The number of aliphatic carboxylic acids is 1. The van der Waals surface area contributed by atoms with Crippen LogP contribution in [-0.4, -0.2) is 33.9 Å². The summed E-state index contributed by atoms with van der Waals surface area (Å²) in [6.07, 6.45) is 0. The highest BCUT2D eigenvalue weighted by molar-refractivity contribution is 7.99. The van der Waals surface area contributed by atoms with Gasteiger partial charge < -0.3 is 10.2 Å². The summed E-state index contributed by atoms with van der Waals surface area (Å²) < 4.78 is 0. The van der Waals surface area contributed by atoms with Gasteiger partial charge in [-0.1, -0.05) is 12.1 Å². The second kappa shape index (κ2) is 4.77. The fraction of sp³-hybridized carbons (Fsp3) is 0.273. The number of rotatable bonds is 3. The molecule has 0 radical (unpaired) electrons. The van der Waals surface area contributed by atoms with Gasteiger partial charge in [0.15, 0.2) is 0 Å². The molecule has 0 aromatic heterocycles. The van der Waals surface area contributed by atoms with Crippen molar-refractivity contribution in [3.63, 3.8) is 0 Å². The number of nitrogens with one attached hydrogen (secondary N) is 1. The van der Waals surface area contributed by atoms with E-state index in [2.05, 4.69) is 5.32 Å². The van der Waals surface area contributed by atoms with E-state index in [0.29, 0.717) is 5.75 Å². The van der Waals surface area contributed by atoms with Crippen molar-refractivity contribution in [2.24, 2.45) is 0 Å². The largest absolute Gasteiger partial charge is 0.480 e. The molecule has 1 saturated heterocycles. The predicted octanol–water partition coefficient (Wildman–Crippen LogP) is 1.17. The summed E-state index contributed by atoms with van der Waals surface area (Å²) in [5.74, 6) is -1.31. The van der Waals surface area contributed by atoms with E-state index in [1.54, 1.807) is 12.1 Å². The molecule has 0 spiro atoms. The lowest BCUT2D eigenvalue weighted by molar-refractivity contribution is -0.138. The van der Waals surface area contributed by atoms with Gasteiger partial charge in [0.1, 0.15) is 6.04 Å². The van der Waals surface area contributed by atoms with E-state index in [4.69, 9.17) is 10.2 Å². The minimum atomic E-state index is -0.966. The molecule has 2 atom stereocenters. The molecule has 6 heteroatoms. The highest BCUT2D eigenvalue weighted by Crippen LogP contribution is 2.32. The first-order valence-corrected chi connectivity index (χ1v) is 6.06. The Hall–Kier alpha value is -1.53. The third-order valence-electron chi connectivity index (χ3n) is 2.54. The van der Waals surface area contributed by atoms with Gasteiger partial charge in [0.25, 0.3) is 0 Å². The Labute approximate surface area is 102 Å². The van der Waals surface area contributed by atoms with Crippen LogP contribution in [0, 0.1) is 0 Å². The van der Waals surface area contributed by atoms with Gasteiger partial charge in [-0.25, -0.2) is 4.79 Å². The van der Waals surface area contributed by atoms with Gasteiger partial charge >= 0.3 is 11.9 Å². The molecule has 90 valence electrons. The predicted molar refractivity (Wildman–Crippen MR) is 63.2 cm³/mol. The Bertz CT molecular complexity index is 445. The molecule has 1 aliphatic rings. The molecule has 1 aromatic rings. The van der Waals surface area contributed by atoms with Crippen LogP contribution in [0.3, 0.4) is 0 Å². The van der Waals surface area contributed by atoms with Crippen LogP contribution in [0.25, 0.3) is 0 Å². The van der Waals surface area contributed by atoms with Crippen LogP contribution in [0.4, 0.5) is 0 Å². The summed E-state index contributed by atoms with van der Waals surface area (Å²) in [5, 5.41) is 20.5. The number of carboxylic acid groups (broad SMARTS) is 2. The lowest BCUT2D eigenvalue weighted by Crippen LogP contribution is -2.33. The average Bonchev–Trinajstić information content (AvgIpc) is 2.78. The summed E-state index contributed by atoms with van der Waals surface area (Å²) in [6, 6.07) is 5.92. The zero-order valence-corrected chi connectivity index (χ0v) is 9.61. The van der Waals surface area contributed by atoms with Gasteiger partial charge in [0, 0.05) is 5.75 Å². The molecule has 1 fully saturated rings. The molecule has 1 aromatic carbocycles. The maximum Gasteiger partial charge on any atom is 0.335 e. The standard InChI is InChI=1S/C11H11NO4S/c13-10(14)7-3-1-6(2-4-7)9-12-8(5-17-9)11(15)16/h1-4,8-9,12H,5H2,(H,13,14)(H,15,16)/t8-,9-/m1/s1. The fourth-order valence-electron chi connectivity index (χ4n) is 1.61. The van der Waals surface area contributed by atoms with Gasteiger partial charge in [-0.15, -0.1) is 11.8 Å². The number of aromatic carboxylic acids is 1. The molecule has 1 aliphatic heterocycles. The van der Waals surface area contributed by atoms with Crippen LogP contribution in [0.15, 0.2) is 24.3 Å². The van der Waals surface area contributed by atoms with Gasteiger partial charge in [-0.2, -0.15) is 0 Å². The van der Waals surface area contributed by atoms with Crippen LogP contribution in [0.1, 0.15) is 21.3 Å². The van der Waals surface area contributed by atoms with Crippen LogP contribution >= 0.6 is 11.8 Å². The molecular formula is C11H11NO4S. The molecule has 0 bridgehead atoms. The van der Waals surface area contributed by atoms with Crippen molar-refractivity contribution in [3.8, 4) is 0 Å². The van der Waals surface area contributed by atoms with Gasteiger partial charge in [-0.3, -0.25) is 10.1 Å². The molecule has 1 heterocycles. The van der Waals surface area contributed by atoms with Crippen molar-refractivity contribution in [3.05, 3.63) is 35.4 Å². The average molecular weight is 253 g/mol. The van der Waals surface area contributed by atoms with Crippen molar-refractivity contribution < 1.29 is 19.8 Å². The smallest absolute Gasteiger partial charge is 0.335 e. The monoisotopic (exact) mass is 253 g/mol. The maximum atomic E-state index is 10.8. The first-order valence-electron chi connectivity index (χ1n) is 5.01. The number of carbonyl (C=O) groups is 2. The first-order chi connectivity index (χ1) is 8.08. The number of thioether (sulfide) groups is 1. The Morgan fingerprint density at radius 2 is 1.88 bits per heavy atom. The lowest BCUT2D eigenvalue weighted by Gasteiger charge is -2.11. The lowest BCUT2D eigenvalue weighted by atomic mass is 10.1. The number of hydrogen-bond donors (Lipinski definition) is 3. The van der Waals surface area contributed by atoms with E-state index in [-0.39, 0.29) is 10.9 Å². The number of benzene rings is 1. The summed E-state index contributed by atoms with van der Waals surface area (Å²) >= 11 is 1.51.